The maximum Gasteiger partial charge on any atom is 0.251 e. The van der Waals surface area contributed by atoms with E-state index in [1.165, 1.54) is 0 Å². The zero-order valence-electron chi connectivity index (χ0n) is 10.4. The fraction of sp³-hybridized carbons (Fsp3) is 0.357. The second-order valence-corrected chi connectivity index (χ2v) is 4.88. The molecule has 1 fully saturated rings. The van der Waals surface area contributed by atoms with Crippen LogP contribution in [0.4, 0.5) is 0 Å². The first-order valence-corrected chi connectivity index (χ1v) is 6.41. The van der Waals surface area contributed by atoms with Crippen LogP contribution in [0.3, 0.4) is 0 Å². The molecular formula is C14H14N4O. The molecule has 1 aromatic heterocycles. The summed E-state index contributed by atoms with van der Waals surface area (Å²) in [5.41, 5.74) is 2.28. The molecular weight excluding hydrogens is 240 g/mol. The van der Waals surface area contributed by atoms with Gasteiger partial charge in [0.2, 0.25) is 0 Å². The maximum absolute atomic E-state index is 12.2. The van der Waals surface area contributed by atoms with Crippen molar-refractivity contribution >= 4 is 16.9 Å². The van der Waals surface area contributed by atoms with Crippen molar-refractivity contribution in [1.82, 2.24) is 15.3 Å². The van der Waals surface area contributed by atoms with Crippen LogP contribution in [0.1, 0.15) is 29.6 Å². The van der Waals surface area contributed by atoms with E-state index in [0.717, 1.165) is 30.3 Å². The van der Waals surface area contributed by atoms with Crippen molar-refractivity contribution in [1.29, 1.82) is 5.26 Å². The van der Waals surface area contributed by atoms with E-state index in [1.807, 2.05) is 6.07 Å². The summed E-state index contributed by atoms with van der Waals surface area (Å²) in [4.78, 5) is 19.3. The third-order valence-electron chi connectivity index (χ3n) is 3.68. The van der Waals surface area contributed by atoms with Crippen molar-refractivity contribution in [2.24, 2.45) is 5.92 Å². The van der Waals surface area contributed by atoms with Crippen molar-refractivity contribution in [2.45, 2.75) is 25.3 Å². The SMILES string of the molecule is N#CC1CCCC1NC(=O)c1ccc2nc[nH]c2c1. The Balaban J connectivity index is 1.78. The third kappa shape index (κ3) is 2.17. The van der Waals surface area contributed by atoms with E-state index in [4.69, 9.17) is 5.26 Å². The molecule has 19 heavy (non-hydrogen) atoms. The number of nitrogens with zero attached hydrogens (tertiary/aromatic N) is 2. The summed E-state index contributed by atoms with van der Waals surface area (Å²) >= 11 is 0. The molecule has 2 atom stereocenters. The molecule has 1 heterocycles. The van der Waals surface area contributed by atoms with E-state index in [0.29, 0.717) is 5.56 Å². The van der Waals surface area contributed by atoms with Gasteiger partial charge in [-0.25, -0.2) is 4.98 Å². The van der Waals surface area contributed by atoms with Gasteiger partial charge in [0, 0.05) is 11.6 Å². The average molecular weight is 254 g/mol. The van der Waals surface area contributed by atoms with E-state index in [9.17, 15) is 4.79 Å². The predicted octanol–water partition coefficient (Wildman–Crippen LogP) is 1.98. The summed E-state index contributed by atoms with van der Waals surface area (Å²) in [6, 6.07) is 7.61. The number of rotatable bonds is 2. The van der Waals surface area contributed by atoms with Crippen LogP contribution < -0.4 is 5.32 Å². The van der Waals surface area contributed by atoms with E-state index < -0.39 is 0 Å². The Morgan fingerprint density at radius 3 is 3.21 bits per heavy atom. The van der Waals surface area contributed by atoms with Gasteiger partial charge in [0.25, 0.3) is 5.91 Å². The molecule has 0 bridgehead atoms. The normalized spacial score (nSPS) is 22.3. The van der Waals surface area contributed by atoms with Crippen LogP contribution in [0.5, 0.6) is 0 Å². The number of aromatic amines is 1. The fourth-order valence-electron chi connectivity index (χ4n) is 2.62. The molecule has 1 aliphatic carbocycles. The van der Waals surface area contributed by atoms with Gasteiger partial charge in [-0.3, -0.25) is 4.79 Å². The molecule has 3 rings (SSSR count). The van der Waals surface area contributed by atoms with Crippen molar-refractivity contribution < 1.29 is 4.79 Å². The van der Waals surface area contributed by atoms with E-state index in [-0.39, 0.29) is 17.9 Å². The highest BCUT2D eigenvalue weighted by atomic mass is 16.1. The largest absolute Gasteiger partial charge is 0.348 e. The molecule has 0 radical (unpaired) electrons. The highest BCUT2D eigenvalue weighted by Crippen LogP contribution is 2.25. The summed E-state index contributed by atoms with van der Waals surface area (Å²) < 4.78 is 0. The van der Waals surface area contributed by atoms with Crippen molar-refractivity contribution in [3.05, 3.63) is 30.1 Å². The quantitative estimate of drug-likeness (QED) is 0.859. The molecule has 2 aromatic rings. The second kappa shape index (κ2) is 4.73. The number of carbonyl (C=O) groups is 1. The van der Waals surface area contributed by atoms with Crippen LogP contribution in [0.15, 0.2) is 24.5 Å². The first-order valence-electron chi connectivity index (χ1n) is 6.41. The lowest BCUT2D eigenvalue weighted by Crippen LogP contribution is -2.36. The highest BCUT2D eigenvalue weighted by Gasteiger charge is 2.28. The summed E-state index contributed by atoms with van der Waals surface area (Å²) in [5, 5.41) is 12.0. The predicted molar refractivity (Wildman–Crippen MR) is 70.3 cm³/mol. The van der Waals surface area contributed by atoms with Crippen molar-refractivity contribution in [3.8, 4) is 6.07 Å². The Morgan fingerprint density at radius 2 is 2.37 bits per heavy atom. The maximum atomic E-state index is 12.2. The Hall–Kier alpha value is -2.35. The molecule has 96 valence electrons. The number of H-pyrrole nitrogens is 1. The number of fused-ring (bicyclic) bond motifs is 1. The fourth-order valence-corrected chi connectivity index (χ4v) is 2.62. The van der Waals surface area contributed by atoms with E-state index >= 15 is 0 Å². The average Bonchev–Trinajstić information content (AvgIpc) is 3.05. The molecule has 0 spiro atoms. The molecule has 1 aromatic carbocycles. The van der Waals surface area contributed by atoms with Crippen molar-refractivity contribution in [2.75, 3.05) is 0 Å². The first-order chi connectivity index (χ1) is 9.28. The summed E-state index contributed by atoms with van der Waals surface area (Å²) in [5.74, 6) is -0.177. The standard InChI is InChI=1S/C14H14N4O/c15-7-10-2-1-3-11(10)18-14(19)9-4-5-12-13(6-9)17-8-16-12/h4-6,8,10-11H,1-3H2,(H,16,17)(H,18,19). The van der Waals surface area contributed by atoms with Gasteiger partial charge in [-0.05, 0) is 37.5 Å². The summed E-state index contributed by atoms with van der Waals surface area (Å²) in [6.45, 7) is 0. The lowest BCUT2D eigenvalue weighted by molar-refractivity contribution is 0.0933. The molecule has 1 aliphatic rings. The van der Waals surface area contributed by atoms with Crippen LogP contribution in [0.25, 0.3) is 11.0 Å². The van der Waals surface area contributed by atoms with Crippen LogP contribution >= 0.6 is 0 Å². The van der Waals surface area contributed by atoms with Crippen LogP contribution in [0, 0.1) is 17.2 Å². The monoisotopic (exact) mass is 254 g/mol. The number of hydrogen-bond donors (Lipinski definition) is 2. The zero-order valence-corrected chi connectivity index (χ0v) is 10.4. The van der Waals surface area contributed by atoms with E-state index in [1.54, 1.807) is 18.5 Å². The van der Waals surface area contributed by atoms with Crippen LogP contribution in [-0.4, -0.2) is 21.9 Å². The molecule has 5 heteroatoms. The van der Waals surface area contributed by atoms with Gasteiger partial charge in [-0.2, -0.15) is 5.26 Å². The molecule has 2 unspecified atom stereocenters. The summed E-state index contributed by atoms with van der Waals surface area (Å²) in [6.07, 6.45) is 4.37. The number of hydrogen-bond acceptors (Lipinski definition) is 3. The Kier molecular flexibility index (Phi) is 2.92. The zero-order chi connectivity index (χ0) is 13.2. The number of aromatic nitrogens is 2. The Labute approximate surface area is 110 Å². The Bertz CT molecular complexity index is 655. The highest BCUT2D eigenvalue weighted by molar-refractivity contribution is 5.97. The molecule has 0 aliphatic heterocycles. The lowest BCUT2D eigenvalue weighted by Gasteiger charge is -2.15. The van der Waals surface area contributed by atoms with Crippen LogP contribution in [-0.2, 0) is 0 Å². The van der Waals surface area contributed by atoms with Crippen molar-refractivity contribution in [3.63, 3.8) is 0 Å². The molecule has 1 amide bonds. The van der Waals surface area contributed by atoms with Gasteiger partial charge in [0.05, 0.1) is 29.3 Å². The minimum atomic E-state index is -0.122. The van der Waals surface area contributed by atoms with Gasteiger partial charge < -0.3 is 10.3 Å². The third-order valence-corrected chi connectivity index (χ3v) is 3.68. The number of nitrogens with one attached hydrogen (secondary N) is 2. The minimum Gasteiger partial charge on any atom is -0.348 e. The molecule has 5 nitrogen and oxygen atoms in total. The van der Waals surface area contributed by atoms with Gasteiger partial charge in [-0.1, -0.05) is 0 Å². The summed E-state index contributed by atoms with van der Waals surface area (Å²) in [7, 11) is 0. The Morgan fingerprint density at radius 1 is 1.47 bits per heavy atom. The van der Waals surface area contributed by atoms with Gasteiger partial charge in [-0.15, -0.1) is 0 Å². The lowest BCUT2D eigenvalue weighted by atomic mass is 10.1. The first kappa shape index (κ1) is 11.7. The second-order valence-electron chi connectivity index (χ2n) is 4.88. The number of carbonyl (C=O) groups excluding carboxylic acids is 1. The van der Waals surface area contributed by atoms with Gasteiger partial charge in [0.1, 0.15) is 0 Å². The number of benzene rings is 1. The van der Waals surface area contributed by atoms with Gasteiger partial charge in [0.15, 0.2) is 0 Å². The topological polar surface area (TPSA) is 81.6 Å². The number of nitriles is 1. The molecule has 2 N–H and O–H groups in total. The van der Waals surface area contributed by atoms with E-state index in [2.05, 4.69) is 21.4 Å². The smallest absolute Gasteiger partial charge is 0.251 e. The minimum absolute atomic E-state index is 0.0186. The number of amides is 1. The molecule has 1 saturated carbocycles. The number of imidazole rings is 1. The molecule has 0 saturated heterocycles. The van der Waals surface area contributed by atoms with Crippen LogP contribution in [0.2, 0.25) is 0 Å². The van der Waals surface area contributed by atoms with Gasteiger partial charge >= 0.3 is 0 Å².